The van der Waals surface area contributed by atoms with Crippen LogP contribution in [0.1, 0.15) is 29.3 Å². The van der Waals surface area contributed by atoms with Crippen LogP contribution in [0.3, 0.4) is 0 Å². The van der Waals surface area contributed by atoms with Gasteiger partial charge in [-0.25, -0.2) is 0 Å². The van der Waals surface area contributed by atoms with Gasteiger partial charge in [0.2, 0.25) is 0 Å². The molecule has 0 bridgehead atoms. The molecule has 1 atom stereocenters. The number of benzene rings is 2. The third-order valence-corrected chi connectivity index (χ3v) is 3.99. The molecule has 0 saturated carbocycles. The van der Waals surface area contributed by atoms with Gasteiger partial charge in [0.05, 0.1) is 0 Å². The van der Waals surface area contributed by atoms with E-state index >= 15 is 0 Å². The lowest BCUT2D eigenvalue weighted by atomic mass is 9.97. The summed E-state index contributed by atoms with van der Waals surface area (Å²) in [6.07, 6.45) is 0.221. The molecule has 1 aliphatic heterocycles. The van der Waals surface area contributed by atoms with Crippen molar-refractivity contribution >= 4 is 23.2 Å². The molecule has 1 heterocycles. The van der Waals surface area contributed by atoms with E-state index in [-0.39, 0.29) is 12.2 Å². The molecule has 0 spiro atoms. The maximum atomic E-state index is 12.7. The Kier molecular flexibility index (Phi) is 3.83. The van der Waals surface area contributed by atoms with E-state index in [1.54, 1.807) is 31.2 Å². The number of hydrogen-bond acceptors (Lipinski definition) is 4. The Morgan fingerprint density at radius 2 is 1.78 bits per heavy atom. The smallest absolute Gasteiger partial charge is 0.276 e. The summed E-state index contributed by atoms with van der Waals surface area (Å²) in [6.45, 7) is 1.75. The molecule has 0 aliphatic carbocycles. The van der Waals surface area contributed by atoms with Gasteiger partial charge in [0.15, 0.2) is 5.72 Å². The fourth-order valence-electron chi connectivity index (χ4n) is 2.60. The summed E-state index contributed by atoms with van der Waals surface area (Å²) in [5, 5.41) is 26.2. The van der Waals surface area contributed by atoms with Crippen molar-refractivity contribution in [3.05, 3.63) is 64.7 Å². The average Bonchev–Trinajstić information content (AvgIpc) is 2.84. The highest BCUT2D eigenvalue weighted by Crippen LogP contribution is 2.36. The van der Waals surface area contributed by atoms with Crippen LogP contribution in [0.5, 0.6) is 5.75 Å². The molecule has 2 N–H and O–H groups in total. The molecule has 0 aromatic heterocycles. The Labute approximate surface area is 138 Å². The Hall–Kier alpha value is -2.37. The number of hydrazone groups is 1. The molecule has 1 aliphatic rings. The van der Waals surface area contributed by atoms with Crippen molar-refractivity contribution in [2.75, 3.05) is 0 Å². The molecule has 0 saturated heterocycles. The van der Waals surface area contributed by atoms with Gasteiger partial charge in [0.25, 0.3) is 5.91 Å². The molecule has 2 aromatic carbocycles. The summed E-state index contributed by atoms with van der Waals surface area (Å²) in [7, 11) is 0. The monoisotopic (exact) mass is 330 g/mol. The number of nitrogens with zero attached hydrogens (tertiary/aromatic N) is 2. The van der Waals surface area contributed by atoms with Crippen LogP contribution in [-0.2, 0) is 5.72 Å². The normalized spacial score (nSPS) is 20.5. The van der Waals surface area contributed by atoms with Gasteiger partial charge in [-0.2, -0.15) is 10.1 Å². The van der Waals surface area contributed by atoms with E-state index in [0.717, 1.165) is 5.01 Å². The van der Waals surface area contributed by atoms with E-state index in [0.29, 0.717) is 21.9 Å². The minimum absolute atomic E-state index is 0.0654. The van der Waals surface area contributed by atoms with E-state index in [9.17, 15) is 15.0 Å². The van der Waals surface area contributed by atoms with Crippen LogP contribution in [0.4, 0.5) is 0 Å². The Morgan fingerprint density at radius 3 is 2.39 bits per heavy atom. The predicted molar refractivity (Wildman–Crippen MR) is 87.4 cm³/mol. The summed E-state index contributed by atoms with van der Waals surface area (Å²) in [6, 6.07) is 12.5. The summed E-state index contributed by atoms with van der Waals surface area (Å²) in [5.41, 5.74) is -0.0400. The van der Waals surface area contributed by atoms with Crippen molar-refractivity contribution in [2.45, 2.75) is 19.1 Å². The second kappa shape index (κ2) is 5.68. The first-order valence-corrected chi connectivity index (χ1v) is 7.44. The summed E-state index contributed by atoms with van der Waals surface area (Å²) >= 11 is 5.89. The minimum atomic E-state index is -1.55. The summed E-state index contributed by atoms with van der Waals surface area (Å²) in [4.78, 5) is 12.7. The predicted octanol–water partition coefficient (Wildman–Crippen LogP) is 3.11. The molecular formula is C17H15ClN2O3. The summed E-state index contributed by atoms with van der Waals surface area (Å²) < 4.78 is 0. The number of carbonyl (C=O) groups is 1. The molecule has 2 aromatic rings. The van der Waals surface area contributed by atoms with E-state index in [1.807, 2.05) is 0 Å². The molecule has 0 radical (unpaired) electrons. The third-order valence-electron chi connectivity index (χ3n) is 3.74. The van der Waals surface area contributed by atoms with Crippen molar-refractivity contribution in [3.63, 3.8) is 0 Å². The van der Waals surface area contributed by atoms with Crippen molar-refractivity contribution in [1.82, 2.24) is 5.01 Å². The number of halogens is 1. The largest absolute Gasteiger partial charge is 0.508 e. The van der Waals surface area contributed by atoms with E-state index < -0.39 is 11.6 Å². The van der Waals surface area contributed by atoms with Crippen molar-refractivity contribution in [3.8, 4) is 5.75 Å². The number of aliphatic hydroxyl groups is 1. The first-order valence-electron chi connectivity index (χ1n) is 7.06. The molecule has 6 heteroatoms. The Balaban J connectivity index is 1.99. The number of hydrogen-bond donors (Lipinski definition) is 2. The highest BCUT2D eigenvalue weighted by Gasteiger charge is 2.45. The van der Waals surface area contributed by atoms with Crippen LogP contribution in [0.25, 0.3) is 0 Å². The van der Waals surface area contributed by atoms with Crippen LogP contribution in [0, 0.1) is 0 Å². The fraction of sp³-hybridized carbons (Fsp3) is 0.176. The lowest BCUT2D eigenvalue weighted by Gasteiger charge is -2.31. The number of phenols is 1. The molecular weight excluding hydrogens is 316 g/mol. The van der Waals surface area contributed by atoms with Crippen molar-refractivity contribution in [2.24, 2.45) is 5.10 Å². The van der Waals surface area contributed by atoms with Gasteiger partial charge < -0.3 is 10.2 Å². The Bertz CT molecular complexity index is 771. The standard InChI is InChI=1S/C17H15ClN2O3/c1-11-10-17(23,13-4-6-14(18)7-5-13)20(19-11)16(22)12-2-8-15(21)9-3-12/h2-9,21,23H,10H2,1H3. The zero-order valence-electron chi connectivity index (χ0n) is 12.4. The first-order chi connectivity index (χ1) is 10.9. The van der Waals surface area contributed by atoms with Crippen molar-refractivity contribution < 1.29 is 15.0 Å². The minimum Gasteiger partial charge on any atom is -0.508 e. The number of carbonyl (C=O) groups excluding carboxylic acids is 1. The average molecular weight is 331 g/mol. The zero-order valence-corrected chi connectivity index (χ0v) is 13.2. The molecule has 5 nitrogen and oxygen atoms in total. The molecule has 3 rings (SSSR count). The second-order valence-corrected chi connectivity index (χ2v) is 5.94. The lowest BCUT2D eigenvalue weighted by Crippen LogP contribution is -2.43. The number of phenolic OH excluding ortho intramolecular Hbond substituents is 1. The van der Waals surface area contributed by atoms with Gasteiger partial charge in [-0.05, 0) is 43.3 Å². The molecule has 118 valence electrons. The van der Waals surface area contributed by atoms with E-state index in [4.69, 9.17) is 11.6 Å². The maximum Gasteiger partial charge on any atom is 0.276 e. The third kappa shape index (κ3) is 2.81. The van der Waals surface area contributed by atoms with E-state index in [1.165, 1.54) is 24.3 Å². The topological polar surface area (TPSA) is 73.1 Å². The van der Waals surface area contributed by atoms with Gasteiger partial charge in [-0.15, -0.1) is 0 Å². The maximum absolute atomic E-state index is 12.7. The number of amides is 1. The number of rotatable bonds is 2. The van der Waals surface area contributed by atoms with Crippen LogP contribution in [-0.4, -0.2) is 26.8 Å². The van der Waals surface area contributed by atoms with Crippen LogP contribution < -0.4 is 0 Å². The second-order valence-electron chi connectivity index (χ2n) is 5.50. The van der Waals surface area contributed by atoms with Crippen LogP contribution in [0.2, 0.25) is 5.02 Å². The molecule has 23 heavy (non-hydrogen) atoms. The van der Waals surface area contributed by atoms with Crippen molar-refractivity contribution in [1.29, 1.82) is 0 Å². The SMILES string of the molecule is CC1=NN(C(=O)c2ccc(O)cc2)C(O)(c2ccc(Cl)cc2)C1. The quantitative estimate of drug-likeness (QED) is 0.888. The highest BCUT2D eigenvalue weighted by molar-refractivity contribution is 6.30. The van der Waals surface area contributed by atoms with Gasteiger partial charge in [0.1, 0.15) is 5.75 Å². The van der Waals surface area contributed by atoms with E-state index in [2.05, 4.69) is 5.10 Å². The van der Waals surface area contributed by atoms with Gasteiger partial charge in [0, 0.05) is 28.3 Å². The first kappa shape index (κ1) is 15.5. The van der Waals surface area contributed by atoms with Gasteiger partial charge in [-0.1, -0.05) is 23.7 Å². The fourth-order valence-corrected chi connectivity index (χ4v) is 2.73. The van der Waals surface area contributed by atoms with Gasteiger partial charge >= 0.3 is 0 Å². The molecule has 0 fully saturated rings. The lowest BCUT2D eigenvalue weighted by molar-refractivity contribution is -0.0765. The van der Waals surface area contributed by atoms with Crippen LogP contribution >= 0.6 is 11.6 Å². The molecule has 1 unspecified atom stereocenters. The number of aromatic hydroxyl groups is 1. The zero-order chi connectivity index (χ0) is 16.6. The Morgan fingerprint density at radius 1 is 1.17 bits per heavy atom. The highest BCUT2D eigenvalue weighted by atomic mass is 35.5. The van der Waals surface area contributed by atoms with Crippen LogP contribution in [0.15, 0.2) is 53.6 Å². The summed E-state index contributed by atoms with van der Waals surface area (Å²) in [5.74, 6) is -0.380. The molecule has 1 amide bonds. The van der Waals surface area contributed by atoms with Gasteiger partial charge in [-0.3, -0.25) is 4.79 Å².